The number of anilines is 2. The second-order valence-electron chi connectivity index (χ2n) is 6.51. The molecular formula is C23H20N4O. The molecule has 5 nitrogen and oxygen atoms in total. The molecule has 0 aliphatic rings. The summed E-state index contributed by atoms with van der Waals surface area (Å²) in [5.41, 5.74) is 3.80. The molecule has 0 aliphatic heterocycles. The smallest absolute Gasteiger partial charge is 0.268 e. The van der Waals surface area contributed by atoms with E-state index in [2.05, 4.69) is 10.3 Å². The quantitative estimate of drug-likeness (QED) is 0.532. The molecular weight excluding hydrogens is 348 g/mol. The Bertz CT molecular complexity index is 1180. The number of fused-ring (bicyclic) bond motifs is 1. The maximum absolute atomic E-state index is 13.1. The van der Waals surface area contributed by atoms with Crippen molar-refractivity contribution in [1.29, 1.82) is 0 Å². The molecule has 2 aromatic heterocycles. The van der Waals surface area contributed by atoms with Gasteiger partial charge in [0.15, 0.2) is 0 Å². The summed E-state index contributed by atoms with van der Waals surface area (Å²) in [4.78, 5) is 22.3. The molecule has 4 rings (SSSR count). The zero-order valence-electron chi connectivity index (χ0n) is 15.5. The highest BCUT2D eigenvalue weighted by Gasteiger charge is 2.12. The van der Waals surface area contributed by atoms with Gasteiger partial charge >= 0.3 is 0 Å². The summed E-state index contributed by atoms with van der Waals surface area (Å²) in [6, 6.07) is 23.4. The van der Waals surface area contributed by atoms with Crippen LogP contribution < -0.4 is 10.9 Å². The van der Waals surface area contributed by atoms with E-state index in [1.165, 1.54) is 0 Å². The van der Waals surface area contributed by atoms with E-state index in [-0.39, 0.29) is 5.56 Å². The van der Waals surface area contributed by atoms with Crippen molar-refractivity contribution in [2.75, 3.05) is 5.32 Å². The first-order valence-corrected chi connectivity index (χ1v) is 9.10. The average Bonchev–Trinajstić information content (AvgIpc) is 2.73. The molecule has 1 N–H and O–H groups in total. The number of benzene rings is 2. The van der Waals surface area contributed by atoms with Gasteiger partial charge in [0.2, 0.25) is 0 Å². The minimum Gasteiger partial charge on any atom is -0.339 e. The van der Waals surface area contributed by atoms with Gasteiger partial charge in [-0.2, -0.15) is 0 Å². The summed E-state index contributed by atoms with van der Waals surface area (Å²) in [7, 11) is 0. The van der Waals surface area contributed by atoms with E-state index in [4.69, 9.17) is 4.98 Å². The fourth-order valence-corrected chi connectivity index (χ4v) is 3.01. The van der Waals surface area contributed by atoms with E-state index in [0.717, 1.165) is 16.8 Å². The highest BCUT2D eigenvalue weighted by Crippen LogP contribution is 2.18. The highest BCUT2D eigenvalue weighted by molar-refractivity contribution is 5.88. The van der Waals surface area contributed by atoms with Gasteiger partial charge in [-0.05, 0) is 36.2 Å². The molecule has 5 heteroatoms. The number of hydrogen-bond acceptors (Lipinski definition) is 4. The number of hydrogen-bond donors (Lipinski definition) is 1. The van der Waals surface area contributed by atoms with Gasteiger partial charge in [-0.25, -0.2) is 4.98 Å². The summed E-state index contributed by atoms with van der Waals surface area (Å²) < 4.78 is 1.56. The van der Waals surface area contributed by atoms with Crippen LogP contribution in [0.25, 0.3) is 5.65 Å². The minimum absolute atomic E-state index is 0.149. The molecule has 0 bridgehead atoms. The monoisotopic (exact) mass is 368 g/mol. The van der Waals surface area contributed by atoms with Crippen molar-refractivity contribution < 1.29 is 0 Å². The largest absolute Gasteiger partial charge is 0.339 e. The maximum atomic E-state index is 13.1. The Morgan fingerprint density at radius 1 is 1.00 bits per heavy atom. The highest BCUT2D eigenvalue weighted by atomic mass is 16.1. The van der Waals surface area contributed by atoms with Crippen LogP contribution in [0.4, 0.5) is 11.5 Å². The molecule has 2 aromatic carbocycles. The van der Waals surface area contributed by atoms with Crippen molar-refractivity contribution >= 4 is 23.4 Å². The van der Waals surface area contributed by atoms with Gasteiger partial charge in [0, 0.05) is 18.1 Å². The van der Waals surface area contributed by atoms with Crippen LogP contribution in [0.3, 0.4) is 0 Å². The van der Waals surface area contributed by atoms with E-state index >= 15 is 0 Å². The third kappa shape index (κ3) is 3.69. The average molecular weight is 368 g/mol. The SMILES string of the molecule is Cc1cccn2c(=O)c(C=NCc3ccccc3)c(Nc3ccccc3)nc12. The molecule has 2 heterocycles. The third-order valence-electron chi connectivity index (χ3n) is 4.46. The maximum Gasteiger partial charge on any atom is 0.268 e. The van der Waals surface area contributed by atoms with Gasteiger partial charge in [0.05, 0.1) is 6.54 Å². The van der Waals surface area contributed by atoms with Crippen molar-refractivity contribution in [2.24, 2.45) is 4.99 Å². The standard InChI is InChI=1S/C23H20N4O/c1-17-9-8-14-27-22(17)26-21(25-19-12-6-3-7-13-19)20(23(27)28)16-24-15-18-10-4-2-5-11-18/h2-14,16,25H,15H2,1H3. The predicted molar refractivity (Wildman–Crippen MR) is 114 cm³/mol. The van der Waals surface area contributed by atoms with Crippen LogP contribution in [0, 0.1) is 6.92 Å². The first-order valence-electron chi connectivity index (χ1n) is 9.10. The first-order chi connectivity index (χ1) is 13.7. The topological polar surface area (TPSA) is 58.8 Å². The van der Waals surface area contributed by atoms with Crippen molar-refractivity contribution in [3.8, 4) is 0 Å². The molecule has 138 valence electrons. The van der Waals surface area contributed by atoms with Gasteiger partial charge < -0.3 is 5.32 Å². The summed E-state index contributed by atoms with van der Waals surface area (Å²) in [5, 5.41) is 3.27. The number of aromatic nitrogens is 2. The van der Waals surface area contributed by atoms with E-state index in [1.54, 1.807) is 16.8 Å². The lowest BCUT2D eigenvalue weighted by Gasteiger charge is -2.11. The van der Waals surface area contributed by atoms with Crippen molar-refractivity contribution in [3.63, 3.8) is 0 Å². The lowest BCUT2D eigenvalue weighted by atomic mass is 10.2. The van der Waals surface area contributed by atoms with Gasteiger partial charge in [0.25, 0.3) is 5.56 Å². The lowest BCUT2D eigenvalue weighted by Crippen LogP contribution is -2.22. The molecule has 0 spiro atoms. The summed E-state index contributed by atoms with van der Waals surface area (Å²) in [6.07, 6.45) is 3.35. The zero-order chi connectivity index (χ0) is 19.3. The number of pyridine rings is 1. The Balaban J connectivity index is 1.79. The molecule has 4 aromatic rings. The zero-order valence-corrected chi connectivity index (χ0v) is 15.5. The lowest BCUT2D eigenvalue weighted by molar-refractivity contribution is 1.02. The van der Waals surface area contributed by atoms with Crippen LogP contribution in [0.5, 0.6) is 0 Å². The number of para-hydroxylation sites is 1. The van der Waals surface area contributed by atoms with E-state index in [1.807, 2.05) is 79.7 Å². The minimum atomic E-state index is -0.149. The Hall–Kier alpha value is -3.73. The van der Waals surface area contributed by atoms with E-state index in [0.29, 0.717) is 23.6 Å². The molecule has 28 heavy (non-hydrogen) atoms. The first kappa shape index (κ1) is 17.7. The Morgan fingerprint density at radius 2 is 1.71 bits per heavy atom. The number of rotatable bonds is 5. The number of aryl methyl sites for hydroxylation is 1. The Kier molecular flexibility index (Phi) is 4.97. The second-order valence-corrected chi connectivity index (χ2v) is 6.51. The Morgan fingerprint density at radius 3 is 2.46 bits per heavy atom. The van der Waals surface area contributed by atoms with Crippen molar-refractivity contribution in [2.45, 2.75) is 13.5 Å². The molecule has 0 amide bonds. The summed E-state index contributed by atoms with van der Waals surface area (Å²) >= 11 is 0. The molecule has 0 aliphatic carbocycles. The molecule has 0 saturated heterocycles. The molecule has 0 radical (unpaired) electrons. The van der Waals surface area contributed by atoms with Crippen LogP contribution >= 0.6 is 0 Å². The Labute approximate surface area is 163 Å². The van der Waals surface area contributed by atoms with Gasteiger partial charge in [-0.1, -0.05) is 54.6 Å². The molecule has 0 unspecified atom stereocenters. The van der Waals surface area contributed by atoms with E-state index in [9.17, 15) is 4.79 Å². The predicted octanol–water partition coefficient (Wildman–Crippen LogP) is 4.37. The molecule has 0 saturated carbocycles. The van der Waals surface area contributed by atoms with Crippen LogP contribution in [-0.4, -0.2) is 15.6 Å². The van der Waals surface area contributed by atoms with Crippen LogP contribution in [0.15, 0.2) is 88.8 Å². The fourth-order valence-electron chi connectivity index (χ4n) is 3.01. The molecule has 0 fully saturated rings. The molecule has 0 atom stereocenters. The second kappa shape index (κ2) is 7.88. The fraction of sp³-hybridized carbons (Fsp3) is 0.0870. The normalized spacial score (nSPS) is 11.2. The summed E-state index contributed by atoms with van der Waals surface area (Å²) in [5.74, 6) is 0.502. The van der Waals surface area contributed by atoms with Crippen LogP contribution in [0.2, 0.25) is 0 Å². The number of nitrogens with zero attached hydrogens (tertiary/aromatic N) is 3. The third-order valence-corrected chi connectivity index (χ3v) is 4.46. The van der Waals surface area contributed by atoms with Gasteiger partial charge in [-0.3, -0.25) is 14.2 Å². The van der Waals surface area contributed by atoms with Gasteiger partial charge in [0.1, 0.15) is 17.0 Å². The van der Waals surface area contributed by atoms with Gasteiger partial charge in [-0.15, -0.1) is 0 Å². The van der Waals surface area contributed by atoms with Crippen LogP contribution in [0.1, 0.15) is 16.7 Å². The van der Waals surface area contributed by atoms with Crippen LogP contribution in [-0.2, 0) is 6.54 Å². The number of aliphatic imine (C=N–C) groups is 1. The van der Waals surface area contributed by atoms with E-state index < -0.39 is 0 Å². The van der Waals surface area contributed by atoms with Crippen molar-refractivity contribution in [1.82, 2.24) is 9.38 Å². The summed E-state index contributed by atoms with van der Waals surface area (Å²) in [6.45, 7) is 2.44. The van der Waals surface area contributed by atoms with Crippen molar-refractivity contribution in [3.05, 3.63) is 106 Å². The number of nitrogens with one attached hydrogen (secondary N) is 1.